The van der Waals surface area contributed by atoms with Crippen molar-refractivity contribution in [2.24, 2.45) is 5.92 Å². The second-order valence-electron chi connectivity index (χ2n) is 2.65. The van der Waals surface area contributed by atoms with Gasteiger partial charge in [-0.15, -0.1) is 0 Å². The molecule has 0 aliphatic carbocycles. The highest BCUT2D eigenvalue weighted by Crippen LogP contribution is 2.24. The maximum atomic E-state index is 13.0. The number of carbonyl (C=O) groups is 1. The first-order valence-electron chi connectivity index (χ1n) is 3.66. The first kappa shape index (κ1) is 8.84. The van der Waals surface area contributed by atoms with Crippen molar-refractivity contribution in [1.29, 1.82) is 0 Å². The molecule has 0 spiro atoms. The van der Waals surface area contributed by atoms with E-state index in [1.165, 1.54) is 0 Å². The van der Waals surface area contributed by atoms with Gasteiger partial charge in [0.15, 0.2) is 0 Å². The smallest absolute Gasteiger partial charge is 0.309 e. The lowest BCUT2D eigenvalue weighted by molar-refractivity contribution is -0.144. The van der Waals surface area contributed by atoms with Gasteiger partial charge in [0.2, 0.25) is 0 Å². The molecule has 1 heterocycles. The molecule has 0 unspecified atom stereocenters. The molecule has 0 amide bonds. The molecule has 1 saturated heterocycles. The van der Waals surface area contributed by atoms with Gasteiger partial charge in [-0.2, -0.15) is 11.8 Å². The van der Waals surface area contributed by atoms with Crippen LogP contribution in [0.15, 0.2) is 0 Å². The lowest BCUT2D eigenvalue weighted by Crippen LogP contribution is -2.24. The van der Waals surface area contributed by atoms with Gasteiger partial charge in [0.05, 0.1) is 5.92 Å². The fourth-order valence-corrected chi connectivity index (χ4v) is 2.19. The van der Waals surface area contributed by atoms with Gasteiger partial charge in [-0.25, -0.2) is 4.39 Å². The van der Waals surface area contributed by atoms with Gasteiger partial charge >= 0.3 is 5.97 Å². The first-order chi connectivity index (χ1) is 5.22. The number of alkyl halides is 1. The minimum absolute atomic E-state index is 0.391. The van der Waals surface area contributed by atoms with Crippen LogP contribution in [0.5, 0.6) is 0 Å². The number of hydrogen-bond acceptors (Lipinski definition) is 2. The molecule has 0 aromatic heterocycles. The Bertz CT molecular complexity index is 151. The third-order valence-corrected chi connectivity index (χ3v) is 2.91. The summed E-state index contributed by atoms with van der Waals surface area (Å²) < 4.78 is 13.0. The van der Waals surface area contributed by atoms with Crippen molar-refractivity contribution in [2.45, 2.75) is 19.0 Å². The lowest BCUT2D eigenvalue weighted by Gasteiger charge is -2.11. The summed E-state index contributed by atoms with van der Waals surface area (Å²) in [7, 11) is 0. The van der Waals surface area contributed by atoms with Crippen LogP contribution in [0.4, 0.5) is 4.39 Å². The second-order valence-corrected chi connectivity index (χ2v) is 3.88. The average molecular weight is 178 g/mol. The van der Waals surface area contributed by atoms with Crippen LogP contribution < -0.4 is 0 Å². The SMILES string of the molecule is O=C(O)[C@H]1CCSCC[C@H]1F. The van der Waals surface area contributed by atoms with Crippen molar-refractivity contribution in [3.8, 4) is 0 Å². The highest BCUT2D eigenvalue weighted by molar-refractivity contribution is 7.99. The Hall–Kier alpha value is -0.250. The van der Waals surface area contributed by atoms with Crippen LogP contribution in [0.25, 0.3) is 0 Å². The monoisotopic (exact) mass is 178 g/mol. The quantitative estimate of drug-likeness (QED) is 0.662. The Morgan fingerprint density at radius 2 is 2.09 bits per heavy atom. The molecule has 64 valence electrons. The third-order valence-electron chi connectivity index (χ3n) is 1.86. The van der Waals surface area contributed by atoms with Crippen molar-refractivity contribution in [3.05, 3.63) is 0 Å². The largest absolute Gasteiger partial charge is 0.481 e. The van der Waals surface area contributed by atoms with Crippen LogP contribution in [0, 0.1) is 5.92 Å². The second kappa shape index (κ2) is 3.95. The van der Waals surface area contributed by atoms with E-state index in [9.17, 15) is 9.18 Å². The van der Waals surface area contributed by atoms with Crippen LogP contribution >= 0.6 is 11.8 Å². The van der Waals surface area contributed by atoms with Gasteiger partial charge < -0.3 is 5.11 Å². The van der Waals surface area contributed by atoms with Crippen LogP contribution in [0.3, 0.4) is 0 Å². The minimum atomic E-state index is -1.14. The summed E-state index contributed by atoms with van der Waals surface area (Å²) in [5.41, 5.74) is 0. The number of thioether (sulfide) groups is 1. The number of aliphatic carboxylic acids is 1. The number of rotatable bonds is 1. The Kier molecular flexibility index (Phi) is 3.17. The standard InChI is InChI=1S/C7H11FO2S/c8-6-2-4-11-3-1-5(6)7(9)10/h5-6H,1-4H2,(H,9,10)/t5-,6+/m0/s1. The highest BCUT2D eigenvalue weighted by Gasteiger charge is 2.29. The predicted octanol–water partition coefficient (Wildman–Crippen LogP) is 1.55. The molecule has 0 radical (unpaired) electrons. The molecule has 11 heavy (non-hydrogen) atoms. The van der Waals surface area contributed by atoms with Crippen LogP contribution in [0.1, 0.15) is 12.8 Å². The van der Waals surface area contributed by atoms with Crippen molar-refractivity contribution in [2.75, 3.05) is 11.5 Å². The summed E-state index contributed by atoms with van der Waals surface area (Å²) in [6, 6.07) is 0. The zero-order valence-electron chi connectivity index (χ0n) is 6.12. The molecule has 0 saturated carbocycles. The molecule has 1 rings (SSSR count). The molecule has 4 heteroatoms. The number of carboxylic acid groups (broad SMARTS) is 1. The topological polar surface area (TPSA) is 37.3 Å². The Labute approximate surface area is 69.2 Å². The molecule has 0 aromatic rings. The van der Waals surface area contributed by atoms with Gasteiger partial charge in [0.1, 0.15) is 6.17 Å². The highest BCUT2D eigenvalue weighted by atomic mass is 32.2. The Morgan fingerprint density at radius 3 is 2.73 bits per heavy atom. The van der Waals surface area contributed by atoms with E-state index in [1.807, 2.05) is 0 Å². The lowest BCUT2D eigenvalue weighted by atomic mass is 9.99. The molecule has 1 aliphatic rings. The number of halogens is 1. The Balaban J connectivity index is 2.52. The predicted molar refractivity (Wildman–Crippen MR) is 42.6 cm³/mol. The van der Waals surface area contributed by atoms with Crippen molar-refractivity contribution in [1.82, 2.24) is 0 Å². The zero-order valence-corrected chi connectivity index (χ0v) is 6.94. The van der Waals surface area contributed by atoms with Crippen molar-refractivity contribution >= 4 is 17.7 Å². The van der Waals surface area contributed by atoms with Crippen LogP contribution in [-0.4, -0.2) is 28.8 Å². The molecule has 1 N–H and O–H groups in total. The van der Waals surface area contributed by atoms with Gasteiger partial charge in [0, 0.05) is 0 Å². The van der Waals surface area contributed by atoms with Gasteiger partial charge in [-0.05, 0) is 24.3 Å². The Morgan fingerprint density at radius 1 is 1.45 bits per heavy atom. The van der Waals surface area contributed by atoms with Gasteiger partial charge in [-0.1, -0.05) is 0 Å². The molecule has 1 aliphatic heterocycles. The fourth-order valence-electron chi connectivity index (χ4n) is 1.17. The van der Waals surface area contributed by atoms with E-state index in [4.69, 9.17) is 5.11 Å². The van der Waals surface area contributed by atoms with Crippen molar-refractivity contribution in [3.63, 3.8) is 0 Å². The molecule has 2 nitrogen and oxygen atoms in total. The molecular weight excluding hydrogens is 167 g/mol. The van der Waals surface area contributed by atoms with Crippen LogP contribution in [-0.2, 0) is 4.79 Å². The van der Waals surface area contributed by atoms with E-state index in [2.05, 4.69) is 0 Å². The summed E-state index contributed by atoms with van der Waals surface area (Å²) in [5.74, 6) is -0.215. The zero-order chi connectivity index (χ0) is 8.27. The van der Waals surface area contributed by atoms with Gasteiger partial charge in [-0.3, -0.25) is 4.79 Å². The molecular formula is C7H11FO2S. The summed E-state index contributed by atoms with van der Waals surface area (Å²) in [4.78, 5) is 10.5. The normalized spacial score (nSPS) is 32.8. The summed E-state index contributed by atoms with van der Waals surface area (Å²) in [6.45, 7) is 0. The van der Waals surface area contributed by atoms with Crippen LogP contribution in [0.2, 0.25) is 0 Å². The van der Waals surface area contributed by atoms with E-state index < -0.39 is 18.1 Å². The summed E-state index contributed by atoms with van der Waals surface area (Å²) in [6.07, 6.45) is -0.273. The number of hydrogen-bond donors (Lipinski definition) is 1. The van der Waals surface area contributed by atoms with E-state index in [0.29, 0.717) is 12.8 Å². The van der Waals surface area contributed by atoms with Crippen molar-refractivity contribution < 1.29 is 14.3 Å². The molecule has 0 bridgehead atoms. The molecule has 1 fully saturated rings. The molecule has 0 aromatic carbocycles. The van der Waals surface area contributed by atoms with E-state index in [0.717, 1.165) is 11.5 Å². The van der Waals surface area contributed by atoms with E-state index in [1.54, 1.807) is 11.8 Å². The number of carboxylic acids is 1. The van der Waals surface area contributed by atoms with E-state index in [-0.39, 0.29) is 0 Å². The third kappa shape index (κ3) is 2.36. The summed E-state index contributed by atoms with van der Waals surface area (Å²) >= 11 is 1.64. The summed E-state index contributed by atoms with van der Waals surface area (Å²) in [5, 5.41) is 8.58. The van der Waals surface area contributed by atoms with E-state index >= 15 is 0 Å². The maximum Gasteiger partial charge on any atom is 0.309 e. The molecule has 2 atom stereocenters. The maximum absolute atomic E-state index is 13.0. The average Bonchev–Trinajstić information content (AvgIpc) is 2.13. The first-order valence-corrected chi connectivity index (χ1v) is 4.82. The van der Waals surface area contributed by atoms with Gasteiger partial charge in [0.25, 0.3) is 0 Å². The fraction of sp³-hybridized carbons (Fsp3) is 0.857. The minimum Gasteiger partial charge on any atom is -0.481 e.